The Labute approximate surface area is 126 Å². The largest absolute Gasteiger partial charge is 0.308 e. The predicted molar refractivity (Wildman–Crippen MR) is 82.8 cm³/mol. The molecule has 0 radical (unpaired) electrons. The van der Waals surface area contributed by atoms with Crippen LogP contribution < -0.4 is 11.3 Å². The smallest absolute Gasteiger partial charge is 0.158 e. The Balaban J connectivity index is 1.91. The molecule has 2 aromatic heterocycles. The molecule has 3 aromatic rings. The number of hydrazine groups is 1. The molecular weight excluding hydrogens is 281 g/mol. The summed E-state index contributed by atoms with van der Waals surface area (Å²) in [6.07, 6.45) is 4.22. The number of nitrogens with two attached hydrogens (primary N) is 1. The number of fused-ring (bicyclic) bond motifs is 2. The Morgan fingerprint density at radius 1 is 1.14 bits per heavy atom. The highest BCUT2D eigenvalue weighted by atomic mass is 19.1. The Morgan fingerprint density at radius 3 is 2.68 bits per heavy atom. The second-order valence-corrected chi connectivity index (χ2v) is 5.54. The molecule has 1 aromatic carbocycles. The Hall–Kier alpha value is -2.47. The van der Waals surface area contributed by atoms with Crippen molar-refractivity contribution in [1.82, 2.24) is 14.6 Å². The Bertz CT molecular complexity index is 838. The predicted octanol–water partition coefficient (Wildman–Crippen LogP) is 2.70. The van der Waals surface area contributed by atoms with Gasteiger partial charge in [-0.3, -0.25) is 0 Å². The van der Waals surface area contributed by atoms with Crippen LogP contribution >= 0.6 is 0 Å². The molecule has 5 nitrogen and oxygen atoms in total. The zero-order valence-corrected chi connectivity index (χ0v) is 12.0. The van der Waals surface area contributed by atoms with Gasteiger partial charge in [-0.15, -0.1) is 0 Å². The second kappa shape index (κ2) is 5.06. The summed E-state index contributed by atoms with van der Waals surface area (Å²) in [5.41, 5.74) is 7.38. The SMILES string of the molecule is NNc1c2c(nc3cc(-c4ccc(F)cc4)nn13)CCCC2. The molecule has 1 aliphatic carbocycles. The summed E-state index contributed by atoms with van der Waals surface area (Å²) in [5, 5.41) is 4.58. The van der Waals surface area contributed by atoms with Crippen LogP contribution in [-0.2, 0) is 12.8 Å². The van der Waals surface area contributed by atoms with Gasteiger partial charge in [0.25, 0.3) is 0 Å². The van der Waals surface area contributed by atoms with Crippen molar-refractivity contribution in [3.63, 3.8) is 0 Å². The fourth-order valence-corrected chi connectivity index (χ4v) is 3.06. The lowest BCUT2D eigenvalue weighted by Crippen LogP contribution is -2.18. The summed E-state index contributed by atoms with van der Waals surface area (Å²) in [4.78, 5) is 4.72. The lowest BCUT2D eigenvalue weighted by atomic mass is 9.96. The molecule has 6 heteroatoms. The van der Waals surface area contributed by atoms with Gasteiger partial charge in [0.15, 0.2) is 5.65 Å². The number of benzene rings is 1. The van der Waals surface area contributed by atoms with Crippen molar-refractivity contribution in [2.75, 3.05) is 5.43 Å². The summed E-state index contributed by atoms with van der Waals surface area (Å²) in [6, 6.07) is 8.20. The normalized spacial score (nSPS) is 14.1. The number of hydrogen-bond acceptors (Lipinski definition) is 4. The summed E-state index contributed by atoms with van der Waals surface area (Å²) < 4.78 is 14.8. The average molecular weight is 297 g/mol. The first-order valence-corrected chi connectivity index (χ1v) is 7.40. The van der Waals surface area contributed by atoms with E-state index in [1.165, 1.54) is 12.1 Å². The van der Waals surface area contributed by atoms with Crippen LogP contribution in [0.3, 0.4) is 0 Å². The van der Waals surface area contributed by atoms with Crippen LogP contribution in [0.4, 0.5) is 10.2 Å². The minimum absolute atomic E-state index is 0.259. The first-order chi connectivity index (χ1) is 10.8. The molecule has 0 fully saturated rings. The molecule has 112 valence electrons. The summed E-state index contributed by atoms with van der Waals surface area (Å²) in [6.45, 7) is 0. The molecule has 2 heterocycles. The highest BCUT2D eigenvalue weighted by molar-refractivity contribution is 5.67. The molecule has 0 saturated heterocycles. The van der Waals surface area contributed by atoms with E-state index < -0.39 is 0 Å². The van der Waals surface area contributed by atoms with Crippen LogP contribution in [0.2, 0.25) is 0 Å². The number of nitrogen functional groups attached to an aromatic ring is 1. The van der Waals surface area contributed by atoms with E-state index in [2.05, 4.69) is 10.5 Å². The molecule has 22 heavy (non-hydrogen) atoms. The monoisotopic (exact) mass is 297 g/mol. The topological polar surface area (TPSA) is 68.2 Å². The first kappa shape index (κ1) is 13.2. The highest BCUT2D eigenvalue weighted by Gasteiger charge is 2.19. The van der Waals surface area contributed by atoms with Gasteiger partial charge in [-0.05, 0) is 49.9 Å². The molecule has 1 aliphatic rings. The van der Waals surface area contributed by atoms with Gasteiger partial charge < -0.3 is 5.43 Å². The summed E-state index contributed by atoms with van der Waals surface area (Å²) in [5.74, 6) is 6.26. The van der Waals surface area contributed by atoms with E-state index in [4.69, 9.17) is 10.8 Å². The van der Waals surface area contributed by atoms with E-state index >= 15 is 0 Å². The second-order valence-electron chi connectivity index (χ2n) is 5.54. The zero-order valence-electron chi connectivity index (χ0n) is 12.0. The van der Waals surface area contributed by atoms with E-state index in [1.54, 1.807) is 16.6 Å². The number of halogens is 1. The van der Waals surface area contributed by atoms with Crippen LogP contribution in [0, 0.1) is 5.82 Å². The van der Waals surface area contributed by atoms with Crippen LogP contribution in [0.5, 0.6) is 0 Å². The van der Waals surface area contributed by atoms with Crippen molar-refractivity contribution < 1.29 is 4.39 Å². The maximum absolute atomic E-state index is 13.1. The molecular formula is C16H16FN5. The number of nitrogens with zero attached hydrogens (tertiary/aromatic N) is 3. The standard InChI is InChI=1S/C16H16FN5/c17-11-7-5-10(6-8-11)14-9-15-19-13-4-2-1-3-12(13)16(20-18)22(15)21-14/h5-9,20H,1-4,18H2. The van der Waals surface area contributed by atoms with E-state index in [1.807, 2.05) is 6.07 Å². The maximum Gasteiger partial charge on any atom is 0.158 e. The van der Waals surface area contributed by atoms with Gasteiger partial charge in [-0.25, -0.2) is 15.2 Å². The quantitative estimate of drug-likeness (QED) is 0.564. The van der Waals surface area contributed by atoms with Crippen molar-refractivity contribution >= 4 is 11.5 Å². The van der Waals surface area contributed by atoms with Gasteiger partial charge in [0.1, 0.15) is 11.6 Å². The van der Waals surface area contributed by atoms with E-state index in [9.17, 15) is 4.39 Å². The van der Waals surface area contributed by atoms with Crippen molar-refractivity contribution in [2.24, 2.45) is 5.84 Å². The third-order valence-corrected chi connectivity index (χ3v) is 4.15. The number of aromatic nitrogens is 3. The molecule has 4 rings (SSSR count). The van der Waals surface area contributed by atoms with Crippen LogP contribution in [0.15, 0.2) is 30.3 Å². The lowest BCUT2D eigenvalue weighted by Gasteiger charge is -2.18. The van der Waals surface area contributed by atoms with Crippen molar-refractivity contribution in [1.29, 1.82) is 0 Å². The molecule has 0 aliphatic heterocycles. The highest BCUT2D eigenvalue weighted by Crippen LogP contribution is 2.29. The van der Waals surface area contributed by atoms with Crippen LogP contribution in [-0.4, -0.2) is 14.6 Å². The number of nitrogens with one attached hydrogen (secondary N) is 1. The third kappa shape index (κ3) is 2.03. The summed E-state index contributed by atoms with van der Waals surface area (Å²) >= 11 is 0. The van der Waals surface area contributed by atoms with Gasteiger partial charge in [0.2, 0.25) is 0 Å². The fraction of sp³-hybridized carbons (Fsp3) is 0.250. The average Bonchev–Trinajstić information content (AvgIpc) is 2.96. The summed E-state index contributed by atoms with van der Waals surface area (Å²) in [7, 11) is 0. The Morgan fingerprint density at radius 2 is 1.91 bits per heavy atom. The van der Waals surface area contributed by atoms with Crippen LogP contribution in [0.1, 0.15) is 24.1 Å². The van der Waals surface area contributed by atoms with Gasteiger partial charge in [-0.1, -0.05) is 0 Å². The van der Waals surface area contributed by atoms with Crippen LogP contribution in [0.25, 0.3) is 16.9 Å². The molecule has 0 saturated carbocycles. The molecule has 0 bridgehead atoms. The molecule has 3 N–H and O–H groups in total. The molecule has 0 atom stereocenters. The maximum atomic E-state index is 13.1. The fourth-order valence-electron chi connectivity index (χ4n) is 3.06. The van der Waals surface area contributed by atoms with E-state index in [0.29, 0.717) is 0 Å². The molecule has 0 unspecified atom stereocenters. The van der Waals surface area contributed by atoms with Crippen molar-refractivity contribution in [2.45, 2.75) is 25.7 Å². The van der Waals surface area contributed by atoms with Crippen molar-refractivity contribution in [3.8, 4) is 11.3 Å². The minimum atomic E-state index is -0.259. The number of hydrogen-bond donors (Lipinski definition) is 2. The third-order valence-electron chi connectivity index (χ3n) is 4.15. The van der Waals surface area contributed by atoms with Crippen molar-refractivity contribution in [3.05, 3.63) is 47.4 Å². The molecule has 0 spiro atoms. The zero-order chi connectivity index (χ0) is 15.1. The minimum Gasteiger partial charge on any atom is -0.308 e. The Kier molecular flexibility index (Phi) is 3.04. The van der Waals surface area contributed by atoms with E-state index in [-0.39, 0.29) is 5.82 Å². The van der Waals surface area contributed by atoms with Gasteiger partial charge in [0.05, 0.1) is 5.69 Å². The number of aryl methyl sites for hydroxylation is 1. The van der Waals surface area contributed by atoms with Gasteiger partial charge >= 0.3 is 0 Å². The number of rotatable bonds is 2. The number of anilines is 1. The van der Waals surface area contributed by atoms with Gasteiger partial charge in [-0.2, -0.15) is 9.61 Å². The lowest BCUT2D eigenvalue weighted by molar-refractivity contribution is 0.628. The van der Waals surface area contributed by atoms with Gasteiger partial charge in [0, 0.05) is 22.9 Å². The van der Waals surface area contributed by atoms with E-state index in [0.717, 1.165) is 59.7 Å². The first-order valence-electron chi connectivity index (χ1n) is 7.40. The molecule has 0 amide bonds.